The number of urea groups is 1. The lowest BCUT2D eigenvalue weighted by Gasteiger charge is -2.19. The van der Waals surface area contributed by atoms with Crippen molar-refractivity contribution < 1.29 is 19.4 Å². The number of carbonyl (C=O) groups excluding carboxylic acids is 1. The Hall–Kier alpha value is -1.74. The van der Waals surface area contributed by atoms with Gasteiger partial charge in [-0.1, -0.05) is 5.92 Å². The number of amides is 2. The zero-order chi connectivity index (χ0) is 12.7. The number of aliphatic carboxylic acids is 1. The van der Waals surface area contributed by atoms with Gasteiger partial charge in [0.05, 0.1) is 12.5 Å². The summed E-state index contributed by atoms with van der Waals surface area (Å²) in [5.41, 5.74) is 0. The molecule has 2 amide bonds. The summed E-state index contributed by atoms with van der Waals surface area (Å²) < 4.78 is 5.37. The van der Waals surface area contributed by atoms with Crippen LogP contribution in [0.3, 0.4) is 0 Å². The summed E-state index contributed by atoms with van der Waals surface area (Å²) in [6.07, 6.45) is 6.81. The second-order valence-corrected chi connectivity index (χ2v) is 3.74. The molecular formula is C11H16N2O4. The molecule has 1 saturated heterocycles. The Morgan fingerprint density at radius 1 is 1.59 bits per heavy atom. The highest BCUT2D eigenvalue weighted by molar-refractivity contribution is 5.75. The molecule has 17 heavy (non-hydrogen) atoms. The van der Waals surface area contributed by atoms with Crippen LogP contribution in [0.4, 0.5) is 4.79 Å². The van der Waals surface area contributed by atoms with Gasteiger partial charge in [0.1, 0.15) is 6.04 Å². The van der Waals surface area contributed by atoms with E-state index in [1.54, 1.807) is 0 Å². The highest BCUT2D eigenvalue weighted by Crippen LogP contribution is 2.15. The summed E-state index contributed by atoms with van der Waals surface area (Å²) in [7, 11) is 0. The van der Waals surface area contributed by atoms with Gasteiger partial charge in [-0.15, -0.1) is 6.42 Å². The molecule has 0 aromatic rings. The van der Waals surface area contributed by atoms with Gasteiger partial charge in [0.15, 0.2) is 0 Å². The van der Waals surface area contributed by atoms with Crippen molar-refractivity contribution in [1.29, 1.82) is 0 Å². The first kappa shape index (κ1) is 13.3. The standard InChI is InChI=1S/C11H16N2O4/c1-2-8(9-4-3-7-17-9)13-11(16)12-6-5-10(14)15/h1,8-9H,3-7H2,(H,14,15)(H2,12,13,16). The molecule has 1 aliphatic heterocycles. The molecule has 0 bridgehead atoms. The number of rotatable bonds is 5. The van der Waals surface area contributed by atoms with Gasteiger partial charge in [-0.05, 0) is 12.8 Å². The van der Waals surface area contributed by atoms with Crippen molar-refractivity contribution in [2.45, 2.75) is 31.4 Å². The maximum Gasteiger partial charge on any atom is 0.315 e. The minimum atomic E-state index is -0.960. The van der Waals surface area contributed by atoms with Crippen molar-refractivity contribution in [2.75, 3.05) is 13.2 Å². The van der Waals surface area contributed by atoms with E-state index in [9.17, 15) is 9.59 Å². The quantitative estimate of drug-likeness (QED) is 0.587. The number of nitrogens with one attached hydrogen (secondary N) is 2. The first-order valence-electron chi connectivity index (χ1n) is 5.47. The summed E-state index contributed by atoms with van der Waals surface area (Å²) in [5.74, 6) is 1.50. The molecule has 6 nitrogen and oxygen atoms in total. The van der Waals surface area contributed by atoms with Crippen LogP contribution in [0.5, 0.6) is 0 Å². The van der Waals surface area contributed by atoms with Gasteiger partial charge in [-0.25, -0.2) is 4.79 Å². The Balaban J connectivity index is 2.28. The second kappa shape index (κ2) is 6.76. The largest absolute Gasteiger partial charge is 0.481 e. The zero-order valence-corrected chi connectivity index (χ0v) is 9.44. The molecule has 1 rings (SSSR count). The molecule has 0 aliphatic carbocycles. The minimum absolute atomic E-state index is 0.0734. The second-order valence-electron chi connectivity index (χ2n) is 3.74. The molecule has 0 aromatic heterocycles. The van der Waals surface area contributed by atoms with E-state index in [1.807, 2.05) is 0 Å². The van der Waals surface area contributed by atoms with Gasteiger partial charge in [-0.2, -0.15) is 0 Å². The molecule has 0 spiro atoms. The normalized spacial score (nSPS) is 20.3. The van der Waals surface area contributed by atoms with Crippen molar-refractivity contribution in [3.05, 3.63) is 0 Å². The molecule has 1 aliphatic rings. The predicted octanol–water partition coefficient (Wildman–Crippen LogP) is -0.0589. The van der Waals surface area contributed by atoms with Gasteiger partial charge in [-0.3, -0.25) is 4.79 Å². The average Bonchev–Trinajstić information content (AvgIpc) is 2.78. The lowest BCUT2D eigenvalue weighted by molar-refractivity contribution is -0.136. The number of ether oxygens (including phenoxy) is 1. The fourth-order valence-electron chi connectivity index (χ4n) is 1.58. The summed E-state index contributed by atoms with van der Waals surface area (Å²) in [6.45, 7) is 0.731. The third-order valence-electron chi connectivity index (χ3n) is 2.43. The molecule has 0 saturated carbocycles. The first-order valence-corrected chi connectivity index (χ1v) is 5.47. The topological polar surface area (TPSA) is 87.7 Å². The highest BCUT2D eigenvalue weighted by atomic mass is 16.5. The van der Waals surface area contributed by atoms with Crippen molar-refractivity contribution >= 4 is 12.0 Å². The molecule has 3 N–H and O–H groups in total. The van der Waals surface area contributed by atoms with Crippen LogP contribution in [0.15, 0.2) is 0 Å². The first-order chi connectivity index (χ1) is 8.13. The van der Waals surface area contributed by atoms with Crippen LogP contribution in [0, 0.1) is 12.3 Å². The molecule has 0 aromatic carbocycles. The monoisotopic (exact) mass is 240 g/mol. The van der Waals surface area contributed by atoms with E-state index in [0.29, 0.717) is 6.61 Å². The van der Waals surface area contributed by atoms with E-state index >= 15 is 0 Å². The lowest BCUT2D eigenvalue weighted by atomic mass is 10.1. The van der Waals surface area contributed by atoms with Crippen LogP contribution in [0.2, 0.25) is 0 Å². The number of carboxylic acid groups (broad SMARTS) is 1. The van der Waals surface area contributed by atoms with Crippen LogP contribution < -0.4 is 10.6 Å². The Labute approximate surface area is 99.7 Å². The van der Waals surface area contributed by atoms with Crippen LogP contribution in [-0.4, -0.2) is 42.4 Å². The highest BCUT2D eigenvalue weighted by Gasteiger charge is 2.25. The van der Waals surface area contributed by atoms with Crippen molar-refractivity contribution in [3.8, 4) is 12.3 Å². The zero-order valence-electron chi connectivity index (χ0n) is 9.44. The summed E-state index contributed by atoms with van der Waals surface area (Å²) in [4.78, 5) is 21.6. The Morgan fingerprint density at radius 3 is 2.88 bits per heavy atom. The predicted molar refractivity (Wildman–Crippen MR) is 60.4 cm³/mol. The Bertz CT molecular complexity index is 318. The number of carboxylic acids is 1. The maximum atomic E-state index is 11.4. The molecule has 94 valence electrons. The van der Waals surface area contributed by atoms with Crippen LogP contribution >= 0.6 is 0 Å². The lowest BCUT2D eigenvalue weighted by Crippen LogP contribution is -2.47. The van der Waals surface area contributed by atoms with Gasteiger partial charge < -0.3 is 20.5 Å². The van der Waals surface area contributed by atoms with E-state index in [0.717, 1.165) is 12.8 Å². The summed E-state index contributed by atoms with van der Waals surface area (Å²) >= 11 is 0. The van der Waals surface area contributed by atoms with E-state index in [2.05, 4.69) is 16.6 Å². The minimum Gasteiger partial charge on any atom is -0.481 e. The van der Waals surface area contributed by atoms with Gasteiger partial charge in [0, 0.05) is 13.2 Å². The van der Waals surface area contributed by atoms with Crippen molar-refractivity contribution in [3.63, 3.8) is 0 Å². The number of hydrogen-bond donors (Lipinski definition) is 3. The smallest absolute Gasteiger partial charge is 0.315 e. The van der Waals surface area contributed by atoms with Gasteiger partial charge in [0.2, 0.25) is 0 Å². The third-order valence-corrected chi connectivity index (χ3v) is 2.43. The van der Waals surface area contributed by atoms with Crippen LogP contribution in [0.25, 0.3) is 0 Å². The fraction of sp³-hybridized carbons (Fsp3) is 0.636. The molecule has 1 fully saturated rings. The number of hydrogen-bond acceptors (Lipinski definition) is 3. The SMILES string of the molecule is C#CC(NC(=O)NCCC(=O)O)C1CCCO1. The Morgan fingerprint density at radius 2 is 2.35 bits per heavy atom. The molecule has 0 radical (unpaired) electrons. The summed E-state index contributed by atoms with van der Waals surface area (Å²) in [5, 5.41) is 13.4. The summed E-state index contributed by atoms with van der Waals surface area (Å²) in [6, 6.07) is -0.938. The molecular weight excluding hydrogens is 224 g/mol. The molecule has 2 atom stereocenters. The van der Waals surface area contributed by atoms with E-state index in [-0.39, 0.29) is 19.1 Å². The van der Waals surface area contributed by atoms with Crippen LogP contribution in [-0.2, 0) is 9.53 Å². The van der Waals surface area contributed by atoms with Crippen molar-refractivity contribution in [1.82, 2.24) is 10.6 Å². The fourth-order valence-corrected chi connectivity index (χ4v) is 1.58. The molecule has 1 heterocycles. The van der Waals surface area contributed by atoms with E-state index in [4.69, 9.17) is 16.3 Å². The van der Waals surface area contributed by atoms with E-state index < -0.39 is 18.0 Å². The van der Waals surface area contributed by atoms with Gasteiger partial charge in [0.25, 0.3) is 0 Å². The maximum absolute atomic E-state index is 11.4. The average molecular weight is 240 g/mol. The third kappa shape index (κ3) is 4.74. The van der Waals surface area contributed by atoms with E-state index in [1.165, 1.54) is 0 Å². The van der Waals surface area contributed by atoms with Crippen LogP contribution in [0.1, 0.15) is 19.3 Å². The Kier molecular flexibility index (Phi) is 5.30. The number of terminal acetylenes is 1. The molecule has 6 heteroatoms. The number of carbonyl (C=O) groups is 2. The van der Waals surface area contributed by atoms with Crippen molar-refractivity contribution in [2.24, 2.45) is 0 Å². The molecule has 2 unspecified atom stereocenters. The van der Waals surface area contributed by atoms with Gasteiger partial charge >= 0.3 is 12.0 Å².